The summed E-state index contributed by atoms with van der Waals surface area (Å²) in [6.45, 7) is 2.42. The van der Waals surface area contributed by atoms with Crippen LogP contribution in [0.15, 0.2) is 30.3 Å². The molecule has 32 heavy (non-hydrogen) atoms. The van der Waals surface area contributed by atoms with Crippen LogP contribution >= 0.6 is 0 Å². The van der Waals surface area contributed by atoms with E-state index < -0.39 is 17.8 Å². The van der Waals surface area contributed by atoms with Gasteiger partial charge in [0.2, 0.25) is 0 Å². The summed E-state index contributed by atoms with van der Waals surface area (Å²) in [7, 11) is 1.78. The third-order valence-corrected chi connectivity index (χ3v) is 6.13. The monoisotopic (exact) mass is 435 g/mol. The SMILES string of the molecule is CCc1cc(O)c(F)cc1-c1ccc2c(-c3nc4c([nH]3)CN(C)[C@H](C(=O)O)C4)n[nH]c2c1. The molecule has 0 spiro atoms. The fraction of sp³-hybridized carbons (Fsp3) is 0.261. The van der Waals surface area contributed by atoms with Crippen LogP contribution in [0.1, 0.15) is 23.9 Å². The molecule has 8 nitrogen and oxygen atoms in total. The standard InChI is InChI=1S/C23H22FN5O3/c1-3-11-7-20(30)15(24)8-14(11)12-4-5-13-16(6-12)27-28-21(13)22-25-17-9-19(23(31)32)29(2)10-18(17)26-22/h4-8,19,30H,3,9-10H2,1-2H3,(H,25,26)(H,27,28)(H,31,32)/t19-/m0/s1. The molecule has 0 unspecified atom stereocenters. The average molecular weight is 435 g/mol. The first-order chi connectivity index (χ1) is 15.4. The predicted molar refractivity (Wildman–Crippen MR) is 117 cm³/mol. The lowest BCUT2D eigenvalue weighted by Crippen LogP contribution is -2.43. The highest BCUT2D eigenvalue weighted by Gasteiger charge is 2.31. The molecular formula is C23H22FN5O3. The molecule has 9 heteroatoms. The quantitative estimate of drug-likeness (QED) is 0.390. The number of carboxylic acid groups (broad SMARTS) is 1. The van der Waals surface area contributed by atoms with Gasteiger partial charge in [0.1, 0.15) is 11.7 Å². The maximum absolute atomic E-state index is 14.0. The van der Waals surface area contributed by atoms with Crippen LogP contribution < -0.4 is 0 Å². The zero-order chi connectivity index (χ0) is 22.6. The van der Waals surface area contributed by atoms with Crippen molar-refractivity contribution in [2.45, 2.75) is 32.4 Å². The van der Waals surface area contributed by atoms with Gasteiger partial charge < -0.3 is 15.2 Å². The van der Waals surface area contributed by atoms with Crippen LogP contribution in [-0.4, -0.2) is 54.3 Å². The molecule has 1 aliphatic rings. The number of aliphatic carboxylic acids is 1. The summed E-state index contributed by atoms with van der Waals surface area (Å²) >= 11 is 0. The maximum atomic E-state index is 14.0. The van der Waals surface area contributed by atoms with Crippen molar-refractivity contribution in [3.63, 3.8) is 0 Å². The third kappa shape index (κ3) is 3.21. The summed E-state index contributed by atoms with van der Waals surface area (Å²) in [5.41, 5.74) is 5.42. The Hall–Kier alpha value is -3.72. The van der Waals surface area contributed by atoms with E-state index in [1.54, 1.807) is 11.9 Å². The summed E-state index contributed by atoms with van der Waals surface area (Å²) in [5.74, 6) is -1.29. The molecule has 0 amide bonds. The minimum absolute atomic E-state index is 0.330. The van der Waals surface area contributed by atoms with Gasteiger partial charge in [-0.1, -0.05) is 13.0 Å². The number of aromatic nitrogens is 4. The van der Waals surface area contributed by atoms with E-state index in [-0.39, 0.29) is 5.75 Å². The molecule has 164 valence electrons. The second-order valence-corrected chi connectivity index (χ2v) is 8.13. The highest BCUT2D eigenvalue weighted by Crippen LogP contribution is 2.34. The molecule has 0 saturated carbocycles. The number of aromatic amines is 2. The van der Waals surface area contributed by atoms with Crippen molar-refractivity contribution >= 4 is 16.9 Å². The van der Waals surface area contributed by atoms with Gasteiger partial charge in [-0.25, -0.2) is 9.37 Å². The molecule has 0 aliphatic carbocycles. The molecule has 4 N–H and O–H groups in total. The number of carbonyl (C=O) groups is 1. The smallest absolute Gasteiger partial charge is 0.321 e. The number of rotatable bonds is 4. The van der Waals surface area contributed by atoms with Crippen LogP contribution in [0.5, 0.6) is 5.75 Å². The zero-order valence-corrected chi connectivity index (χ0v) is 17.6. The topological polar surface area (TPSA) is 118 Å². The first kappa shape index (κ1) is 20.2. The Morgan fingerprint density at radius 1 is 1.31 bits per heavy atom. The summed E-state index contributed by atoms with van der Waals surface area (Å²) < 4.78 is 14.0. The number of aromatic hydroxyl groups is 1. The summed E-state index contributed by atoms with van der Waals surface area (Å²) in [4.78, 5) is 21.2. The van der Waals surface area contributed by atoms with E-state index in [9.17, 15) is 19.4 Å². The third-order valence-electron chi connectivity index (χ3n) is 6.13. The molecule has 5 rings (SSSR count). The largest absolute Gasteiger partial charge is 0.505 e. The van der Waals surface area contributed by atoms with Gasteiger partial charge >= 0.3 is 5.97 Å². The van der Waals surface area contributed by atoms with Gasteiger partial charge in [-0.3, -0.25) is 14.8 Å². The number of nitrogens with zero attached hydrogens (tertiary/aromatic N) is 3. The molecule has 3 heterocycles. The van der Waals surface area contributed by atoms with E-state index in [1.807, 2.05) is 25.1 Å². The number of phenols is 1. The van der Waals surface area contributed by atoms with Gasteiger partial charge in [-0.2, -0.15) is 5.10 Å². The second-order valence-electron chi connectivity index (χ2n) is 8.13. The van der Waals surface area contributed by atoms with Crippen LogP contribution in [0, 0.1) is 5.82 Å². The lowest BCUT2D eigenvalue weighted by Gasteiger charge is -2.28. The fourth-order valence-electron chi connectivity index (χ4n) is 4.37. The number of likely N-dealkylation sites (N-methyl/N-ethyl adjacent to an activating group) is 1. The molecule has 1 atom stereocenters. The highest BCUT2D eigenvalue weighted by atomic mass is 19.1. The molecule has 1 aliphatic heterocycles. The normalized spacial score (nSPS) is 16.4. The summed E-state index contributed by atoms with van der Waals surface area (Å²) in [6, 6.07) is 7.90. The van der Waals surface area contributed by atoms with Crippen LogP contribution in [0.25, 0.3) is 33.5 Å². The molecule has 2 aromatic carbocycles. The van der Waals surface area contributed by atoms with Gasteiger partial charge in [0.05, 0.1) is 16.9 Å². The molecule has 2 aromatic heterocycles. The Bertz CT molecular complexity index is 1360. The fourth-order valence-corrected chi connectivity index (χ4v) is 4.37. The second kappa shape index (κ2) is 7.45. The van der Waals surface area contributed by atoms with Crippen molar-refractivity contribution in [2.75, 3.05) is 7.05 Å². The Labute approximate surface area is 182 Å². The van der Waals surface area contributed by atoms with E-state index in [0.29, 0.717) is 30.9 Å². The summed E-state index contributed by atoms with van der Waals surface area (Å²) in [6.07, 6.45) is 0.982. The van der Waals surface area contributed by atoms with Crippen LogP contribution in [0.2, 0.25) is 0 Å². The van der Waals surface area contributed by atoms with Gasteiger partial charge in [-0.15, -0.1) is 0 Å². The number of aryl methyl sites for hydroxylation is 1. The van der Waals surface area contributed by atoms with Crippen LogP contribution in [0.3, 0.4) is 0 Å². The average Bonchev–Trinajstić information content (AvgIpc) is 3.37. The molecule has 0 fully saturated rings. The molecular weight excluding hydrogens is 413 g/mol. The number of hydrogen-bond acceptors (Lipinski definition) is 5. The molecule has 0 saturated heterocycles. The van der Waals surface area contributed by atoms with Crippen molar-refractivity contribution in [3.8, 4) is 28.4 Å². The Morgan fingerprint density at radius 2 is 2.12 bits per heavy atom. The lowest BCUT2D eigenvalue weighted by atomic mass is 9.96. The van der Waals surface area contributed by atoms with E-state index in [0.717, 1.165) is 39.0 Å². The predicted octanol–water partition coefficient (Wildman–Crippen LogP) is 3.47. The van der Waals surface area contributed by atoms with Crippen molar-refractivity contribution < 1.29 is 19.4 Å². The zero-order valence-electron chi connectivity index (χ0n) is 17.6. The number of imidazole rings is 1. The maximum Gasteiger partial charge on any atom is 0.321 e. The Kier molecular flexibility index (Phi) is 4.70. The van der Waals surface area contributed by atoms with Crippen molar-refractivity contribution in [3.05, 3.63) is 53.1 Å². The molecule has 4 aromatic rings. The van der Waals surface area contributed by atoms with Gasteiger partial charge in [0, 0.05) is 18.4 Å². The first-order valence-corrected chi connectivity index (χ1v) is 10.4. The van der Waals surface area contributed by atoms with Crippen molar-refractivity contribution in [1.82, 2.24) is 25.1 Å². The van der Waals surface area contributed by atoms with Gasteiger partial charge in [-0.05, 0) is 54.4 Å². The van der Waals surface area contributed by atoms with Gasteiger partial charge in [0.25, 0.3) is 0 Å². The van der Waals surface area contributed by atoms with Crippen LogP contribution in [0.4, 0.5) is 4.39 Å². The van der Waals surface area contributed by atoms with E-state index in [2.05, 4.69) is 20.2 Å². The number of hydrogen-bond donors (Lipinski definition) is 4. The van der Waals surface area contributed by atoms with Crippen molar-refractivity contribution in [1.29, 1.82) is 0 Å². The molecule has 0 radical (unpaired) electrons. The van der Waals surface area contributed by atoms with E-state index >= 15 is 0 Å². The number of halogens is 1. The van der Waals surface area contributed by atoms with Crippen LogP contribution in [-0.2, 0) is 24.2 Å². The number of carboxylic acids is 1. The summed E-state index contributed by atoms with van der Waals surface area (Å²) in [5, 5.41) is 27.4. The number of nitrogens with one attached hydrogen (secondary N) is 2. The number of phenolic OH excluding ortho intramolecular Hbond substituents is 1. The number of fused-ring (bicyclic) bond motifs is 2. The van der Waals surface area contributed by atoms with Crippen molar-refractivity contribution in [2.24, 2.45) is 0 Å². The lowest BCUT2D eigenvalue weighted by molar-refractivity contribution is -0.143. The highest BCUT2D eigenvalue weighted by molar-refractivity contribution is 5.94. The molecule has 0 bridgehead atoms. The van der Waals surface area contributed by atoms with Gasteiger partial charge in [0.15, 0.2) is 17.4 Å². The Balaban J connectivity index is 1.54. The minimum atomic E-state index is -0.863. The Morgan fingerprint density at radius 3 is 2.88 bits per heavy atom. The number of H-pyrrole nitrogens is 2. The van der Waals surface area contributed by atoms with E-state index in [4.69, 9.17) is 0 Å². The first-order valence-electron chi connectivity index (χ1n) is 10.4. The minimum Gasteiger partial charge on any atom is -0.505 e. The van der Waals surface area contributed by atoms with E-state index in [1.165, 1.54) is 12.1 Å². The number of benzene rings is 2.